The molecule has 1 saturated heterocycles. The minimum absolute atomic E-state index is 0.604. The number of halogens is 1. The van der Waals surface area contributed by atoms with Crippen LogP contribution < -0.4 is 4.74 Å². The summed E-state index contributed by atoms with van der Waals surface area (Å²) in [5.74, 6) is 0.913. The number of piperidine rings is 1. The first-order valence-corrected chi connectivity index (χ1v) is 9.28. The predicted octanol–water partition coefficient (Wildman–Crippen LogP) is 5.06. The van der Waals surface area contributed by atoms with Crippen LogP contribution in [-0.4, -0.2) is 24.5 Å². The number of hydrogen-bond donors (Lipinski definition) is 0. The van der Waals surface area contributed by atoms with Crippen LogP contribution in [0.4, 0.5) is 0 Å². The van der Waals surface area contributed by atoms with Gasteiger partial charge in [-0.25, -0.2) is 0 Å². The molecule has 122 valence electrons. The van der Waals surface area contributed by atoms with E-state index in [1.165, 1.54) is 43.5 Å². The van der Waals surface area contributed by atoms with Crippen molar-refractivity contribution in [2.45, 2.75) is 32.3 Å². The van der Waals surface area contributed by atoms with Crippen molar-refractivity contribution in [3.05, 3.63) is 64.1 Å². The number of nitrogens with zero attached hydrogens (tertiary/aromatic N) is 1. The standard InChI is InChI=1S/C20H24BrNO/c21-19-15-17(11-14-22-12-5-2-6-13-22)9-10-20(19)23-16-18-7-3-1-4-8-18/h1,3-4,7-10,15H,2,5-6,11-14,16H2. The number of likely N-dealkylation sites (tertiary alicyclic amines) is 1. The molecule has 1 heterocycles. The molecule has 23 heavy (non-hydrogen) atoms. The van der Waals surface area contributed by atoms with Crippen molar-refractivity contribution in [1.29, 1.82) is 0 Å². The smallest absolute Gasteiger partial charge is 0.134 e. The van der Waals surface area contributed by atoms with Crippen LogP contribution in [0, 0.1) is 0 Å². The summed E-state index contributed by atoms with van der Waals surface area (Å²) in [6.07, 6.45) is 5.22. The quantitative estimate of drug-likeness (QED) is 0.701. The largest absolute Gasteiger partial charge is 0.488 e. The monoisotopic (exact) mass is 373 g/mol. The first-order chi connectivity index (χ1) is 11.3. The zero-order valence-electron chi connectivity index (χ0n) is 13.5. The number of benzene rings is 2. The molecule has 1 aliphatic rings. The van der Waals surface area contributed by atoms with Crippen LogP contribution in [0.1, 0.15) is 30.4 Å². The van der Waals surface area contributed by atoms with Gasteiger partial charge in [0.15, 0.2) is 0 Å². The molecule has 0 bridgehead atoms. The third kappa shape index (κ3) is 5.08. The summed E-state index contributed by atoms with van der Waals surface area (Å²) in [6, 6.07) is 16.7. The van der Waals surface area contributed by atoms with Gasteiger partial charge in [0.1, 0.15) is 12.4 Å². The molecule has 0 amide bonds. The maximum atomic E-state index is 5.92. The number of ether oxygens (including phenoxy) is 1. The van der Waals surface area contributed by atoms with Gasteiger partial charge in [0, 0.05) is 6.54 Å². The molecule has 0 radical (unpaired) electrons. The third-order valence-electron chi connectivity index (χ3n) is 4.40. The van der Waals surface area contributed by atoms with Crippen LogP contribution >= 0.6 is 15.9 Å². The fraction of sp³-hybridized carbons (Fsp3) is 0.400. The van der Waals surface area contributed by atoms with Crippen LogP contribution in [0.15, 0.2) is 53.0 Å². The Morgan fingerprint density at radius 3 is 2.43 bits per heavy atom. The van der Waals surface area contributed by atoms with E-state index < -0.39 is 0 Å². The molecule has 0 saturated carbocycles. The Hall–Kier alpha value is -1.32. The maximum Gasteiger partial charge on any atom is 0.134 e. The van der Waals surface area contributed by atoms with Crippen molar-refractivity contribution in [3.63, 3.8) is 0 Å². The van der Waals surface area contributed by atoms with Gasteiger partial charge in [-0.1, -0.05) is 42.8 Å². The highest BCUT2D eigenvalue weighted by Gasteiger charge is 2.10. The molecule has 0 atom stereocenters. The average Bonchev–Trinajstić information content (AvgIpc) is 2.61. The summed E-state index contributed by atoms with van der Waals surface area (Å²) >= 11 is 3.65. The lowest BCUT2D eigenvalue weighted by Crippen LogP contribution is -2.31. The van der Waals surface area contributed by atoms with Gasteiger partial charge in [0.2, 0.25) is 0 Å². The highest BCUT2D eigenvalue weighted by molar-refractivity contribution is 9.10. The fourth-order valence-electron chi connectivity index (χ4n) is 3.02. The molecule has 3 heteroatoms. The molecule has 0 aromatic heterocycles. The summed E-state index contributed by atoms with van der Waals surface area (Å²) in [5.41, 5.74) is 2.56. The van der Waals surface area contributed by atoms with E-state index in [4.69, 9.17) is 4.74 Å². The van der Waals surface area contributed by atoms with E-state index in [9.17, 15) is 0 Å². The van der Waals surface area contributed by atoms with Crippen LogP contribution in [0.25, 0.3) is 0 Å². The molecule has 0 N–H and O–H groups in total. The second-order valence-corrected chi connectivity index (χ2v) is 7.05. The maximum absolute atomic E-state index is 5.92. The van der Waals surface area contributed by atoms with Crippen LogP contribution in [0.3, 0.4) is 0 Å². The fourth-order valence-corrected chi connectivity index (χ4v) is 3.56. The van der Waals surface area contributed by atoms with Crippen LogP contribution in [-0.2, 0) is 13.0 Å². The van der Waals surface area contributed by atoms with E-state index in [0.29, 0.717) is 6.61 Å². The topological polar surface area (TPSA) is 12.5 Å². The summed E-state index contributed by atoms with van der Waals surface area (Å²) < 4.78 is 6.96. The minimum Gasteiger partial charge on any atom is -0.488 e. The predicted molar refractivity (Wildman–Crippen MR) is 98.9 cm³/mol. The second-order valence-electron chi connectivity index (χ2n) is 6.19. The molecule has 2 nitrogen and oxygen atoms in total. The lowest BCUT2D eigenvalue weighted by Gasteiger charge is -2.26. The normalized spacial score (nSPS) is 15.5. The highest BCUT2D eigenvalue weighted by Crippen LogP contribution is 2.27. The zero-order valence-corrected chi connectivity index (χ0v) is 15.1. The Kier molecular flexibility index (Phi) is 6.12. The van der Waals surface area contributed by atoms with Crippen molar-refractivity contribution in [3.8, 4) is 5.75 Å². The van der Waals surface area contributed by atoms with Gasteiger partial charge < -0.3 is 9.64 Å². The third-order valence-corrected chi connectivity index (χ3v) is 5.02. The highest BCUT2D eigenvalue weighted by atomic mass is 79.9. The molecule has 3 rings (SSSR count). The summed E-state index contributed by atoms with van der Waals surface area (Å²) in [7, 11) is 0. The van der Waals surface area contributed by atoms with Crippen LogP contribution in [0.5, 0.6) is 5.75 Å². The Labute approximate surface area is 147 Å². The average molecular weight is 374 g/mol. The van der Waals surface area contributed by atoms with Gasteiger partial charge in [-0.2, -0.15) is 0 Å². The SMILES string of the molecule is Brc1cc(CCN2CCCCC2)ccc1OCc1ccccc1. The van der Waals surface area contributed by atoms with E-state index in [0.717, 1.165) is 23.2 Å². The molecule has 1 aliphatic heterocycles. The summed E-state index contributed by atoms with van der Waals surface area (Å²) in [5, 5.41) is 0. The molecule has 2 aromatic rings. The van der Waals surface area contributed by atoms with Gasteiger partial charge in [-0.05, 0) is 71.5 Å². The molecule has 0 spiro atoms. The summed E-state index contributed by atoms with van der Waals surface area (Å²) in [6.45, 7) is 4.29. The van der Waals surface area contributed by atoms with E-state index in [2.05, 4.69) is 51.2 Å². The molecule has 0 aliphatic carbocycles. The molecular weight excluding hydrogens is 350 g/mol. The van der Waals surface area contributed by atoms with E-state index >= 15 is 0 Å². The van der Waals surface area contributed by atoms with Gasteiger partial charge in [0.25, 0.3) is 0 Å². The second kappa shape index (κ2) is 8.51. The van der Waals surface area contributed by atoms with E-state index in [1.807, 2.05) is 18.2 Å². The van der Waals surface area contributed by atoms with Crippen molar-refractivity contribution in [1.82, 2.24) is 4.90 Å². The molecule has 2 aromatic carbocycles. The Bertz CT molecular complexity index is 608. The zero-order chi connectivity index (χ0) is 15.9. The van der Waals surface area contributed by atoms with Gasteiger partial charge in [-0.15, -0.1) is 0 Å². The first kappa shape index (κ1) is 16.5. The van der Waals surface area contributed by atoms with E-state index in [1.54, 1.807) is 0 Å². The van der Waals surface area contributed by atoms with Crippen LogP contribution in [0.2, 0.25) is 0 Å². The Morgan fingerprint density at radius 2 is 1.70 bits per heavy atom. The van der Waals surface area contributed by atoms with Crippen molar-refractivity contribution < 1.29 is 4.74 Å². The van der Waals surface area contributed by atoms with Gasteiger partial charge in [0.05, 0.1) is 4.47 Å². The lowest BCUT2D eigenvalue weighted by atomic mass is 10.1. The number of rotatable bonds is 6. The van der Waals surface area contributed by atoms with Crippen molar-refractivity contribution in [2.75, 3.05) is 19.6 Å². The minimum atomic E-state index is 0.604. The van der Waals surface area contributed by atoms with Crippen molar-refractivity contribution in [2.24, 2.45) is 0 Å². The van der Waals surface area contributed by atoms with Gasteiger partial charge >= 0.3 is 0 Å². The molecule has 0 unspecified atom stereocenters. The van der Waals surface area contributed by atoms with Gasteiger partial charge in [-0.3, -0.25) is 0 Å². The first-order valence-electron chi connectivity index (χ1n) is 8.49. The summed E-state index contributed by atoms with van der Waals surface area (Å²) in [4.78, 5) is 2.58. The van der Waals surface area contributed by atoms with Crippen molar-refractivity contribution >= 4 is 15.9 Å². The number of hydrogen-bond acceptors (Lipinski definition) is 2. The Morgan fingerprint density at radius 1 is 0.913 bits per heavy atom. The molecular formula is C20H24BrNO. The Balaban J connectivity index is 1.52. The van der Waals surface area contributed by atoms with E-state index in [-0.39, 0.29) is 0 Å². The molecule has 1 fully saturated rings. The lowest BCUT2D eigenvalue weighted by molar-refractivity contribution is 0.231.